The van der Waals surface area contributed by atoms with Gasteiger partial charge in [0.2, 0.25) is 5.91 Å². The third kappa shape index (κ3) is 6.65. The molecule has 1 atom stereocenters. The molecular formula is C14H31N5O. The predicted molar refractivity (Wildman–Crippen MR) is 82.7 cm³/mol. The summed E-state index contributed by atoms with van der Waals surface area (Å²) in [6.45, 7) is 10.4. The van der Waals surface area contributed by atoms with E-state index in [2.05, 4.69) is 34.1 Å². The number of primary amides is 1. The highest BCUT2D eigenvalue weighted by molar-refractivity contribution is 5.79. The number of amides is 1. The van der Waals surface area contributed by atoms with E-state index in [0.717, 1.165) is 58.8 Å². The molecule has 0 aromatic rings. The number of nitrogens with two attached hydrogens (primary N) is 1. The van der Waals surface area contributed by atoms with Crippen LogP contribution in [0.5, 0.6) is 0 Å². The SMILES string of the molecule is CCNC(CCN1CCN(CCN(C)C)CC1)C(N)=O. The number of nitrogens with one attached hydrogen (secondary N) is 1. The number of piperazine rings is 1. The Labute approximate surface area is 123 Å². The first-order valence-corrected chi connectivity index (χ1v) is 7.65. The lowest BCUT2D eigenvalue weighted by Crippen LogP contribution is -2.50. The molecule has 1 unspecified atom stereocenters. The summed E-state index contributed by atoms with van der Waals surface area (Å²) in [5, 5.41) is 3.15. The van der Waals surface area contributed by atoms with Crippen molar-refractivity contribution in [3.05, 3.63) is 0 Å². The molecule has 1 amide bonds. The molecule has 1 fully saturated rings. The van der Waals surface area contributed by atoms with Gasteiger partial charge in [-0.2, -0.15) is 0 Å². The van der Waals surface area contributed by atoms with Crippen LogP contribution in [0.4, 0.5) is 0 Å². The van der Waals surface area contributed by atoms with Crippen molar-refractivity contribution in [2.75, 3.05) is 66.5 Å². The van der Waals surface area contributed by atoms with Gasteiger partial charge in [0, 0.05) is 45.8 Å². The summed E-state index contributed by atoms with van der Waals surface area (Å²) in [6.07, 6.45) is 0.806. The summed E-state index contributed by atoms with van der Waals surface area (Å²) in [5.74, 6) is -0.239. The second-order valence-corrected chi connectivity index (χ2v) is 5.79. The van der Waals surface area contributed by atoms with Gasteiger partial charge in [0.15, 0.2) is 0 Å². The summed E-state index contributed by atoms with van der Waals surface area (Å²) in [4.78, 5) is 18.5. The average molecular weight is 285 g/mol. The lowest BCUT2D eigenvalue weighted by molar-refractivity contribution is -0.120. The molecule has 1 aliphatic rings. The van der Waals surface area contributed by atoms with Crippen LogP contribution in [0.3, 0.4) is 0 Å². The lowest BCUT2D eigenvalue weighted by Gasteiger charge is -2.35. The summed E-state index contributed by atoms with van der Waals surface area (Å²) >= 11 is 0. The third-order valence-corrected chi connectivity index (χ3v) is 3.86. The largest absolute Gasteiger partial charge is 0.368 e. The maximum absolute atomic E-state index is 11.3. The molecule has 0 spiro atoms. The quantitative estimate of drug-likeness (QED) is 0.570. The van der Waals surface area contributed by atoms with E-state index in [-0.39, 0.29) is 11.9 Å². The van der Waals surface area contributed by atoms with Crippen LogP contribution in [0.25, 0.3) is 0 Å². The fraction of sp³-hybridized carbons (Fsp3) is 0.929. The number of likely N-dealkylation sites (N-methyl/N-ethyl adjacent to an activating group) is 2. The van der Waals surface area contributed by atoms with Gasteiger partial charge in [-0.1, -0.05) is 6.92 Å². The van der Waals surface area contributed by atoms with Gasteiger partial charge in [0.25, 0.3) is 0 Å². The molecule has 6 nitrogen and oxygen atoms in total. The summed E-state index contributed by atoms with van der Waals surface area (Å²) in [6, 6.07) is -0.188. The molecule has 118 valence electrons. The lowest BCUT2D eigenvalue weighted by atomic mass is 10.1. The molecule has 0 bridgehead atoms. The molecule has 6 heteroatoms. The van der Waals surface area contributed by atoms with E-state index in [1.165, 1.54) is 0 Å². The first-order chi connectivity index (χ1) is 9.52. The third-order valence-electron chi connectivity index (χ3n) is 3.86. The molecule has 0 aromatic carbocycles. The van der Waals surface area contributed by atoms with Gasteiger partial charge in [-0.3, -0.25) is 9.69 Å². The summed E-state index contributed by atoms with van der Waals surface area (Å²) in [5.41, 5.74) is 5.40. The summed E-state index contributed by atoms with van der Waals surface area (Å²) < 4.78 is 0. The standard InChI is InChI=1S/C14H31N5O/c1-4-16-13(14(15)20)5-6-18-9-11-19(12-10-18)8-7-17(2)3/h13,16H,4-12H2,1-3H3,(H2,15,20). The number of nitrogens with zero attached hydrogens (tertiary/aromatic N) is 3. The molecule has 20 heavy (non-hydrogen) atoms. The normalized spacial score (nSPS) is 19.4. The van der Waals surface area contributed by atoms with Gasteiger partial charge in [-0.05, 0) is 27.1 Å². The highest BCUT2D eigenvalue weighted by Crippen LogP contribution is 2.04. The number of rotatable bonds is 9. The molecule has 1 aliphatic heterocycles. The zero-order valence-corrected chi connectivity index (χ0v) is 13.3. The molecule has 3 N–H and O–H groups in total. The van der Waals surface area contributed by atoms with Crippen LogP contribution in [0.2, 0.25) is 0 Å². The molecule has 1 heterocycles. The number of carbonyl (C=O) groups excluding carboxylic acids is 1. The second kappa shape index (κ2) is 9.28. The van der Waals surface area contributed by atoms with E-state index in [1.54, 1.807) is 0 Å². The monoisotopic (exact) mass is 285 g/mol. The predicted octanol–water partition coefficient (Wildman–Crippen LogP) is -0.981. The maximum atomic E-state index is 11.3. The molecule has 0 radical (unpaired) electrons. The molecule has 0 aromatic heterocycles. The van der Waals surface area contributed by atoms with Crippen LogP contribution in [0.1, 0.15) is 13.3 Å². The van der Waals surface area contributed by atoms with Crippen molar-refractivity contribution in [3.8, 4) is 0 Å². The minimum atomic E-state index is -0.239. The minimum absolute atomic E-state index is 0.188. The van der Waals surface area contributed by atoms with E-state index in [1.807, 2.05) is 6.92 Å². The first-order valence-electron chi connectivity index (χ1n) is 7.65. The smallest absolute Gasteiger partial charge is 0.234 e. The van der Waals surface area contributed by atoms with E-state index in [9.17, 15) is 4.79 Å². The van der Waals surface area contributed by atoms with E-state index in [4.69, 9.17) is 5.73 Å². The zero-order valence-electron chi connectivity index (χ0n) is 13.3. The van der Waals surface area contributed by atoms with Crippen molar-refractivity contribution in [2.24, 2.45) is 5.73 Å². The van der Waals surface area contributed by atoms with Crippen molar-refractivity contribution in [2.45, 2.75) is 19.4 Å². The van der Waals surface area contributed by atoms with Crippen LogP contribution in [-0.2, 0) is 4.79 Å². The second-order valence-electron chi connectivity index (χ2n) is 5.79. The van der Waals surface area contributed by atoms with Crippen molar-refractivity contribution >= 4 is 5.91 Å². The average Bonchev–Trinajstić information content (AvgIpc) is 2.42. The fourth-order valence-corrected chi connectivity index (χ4v) is 2.48. The maximum Gasteiger partial charge on any atom is 0.234 e. The molecular weight excluding hydrogens is 254 g/mol. The Kier molecular flexibility index (Phi) is 8.06. The van der Waals surface area contributed by atoms with Gasteiger partial charge in [-0.15, -0.1) is 0 Å². The van der Waals surface area contributed by atoms with Crippen LogP contribution in [0.15, 0.2) is 0 Å². The van der Waals surface area contributed by atoms with Crippen molar-refractivity contribution in [1.29, 1.82) is 0 Å². The van der Waals surface area contributed by atoms with Crippen LogP contribution in [0, 0.1) is 0 Å². The fourth-order valence-electron chi connectivity index (χ4n) is 2.48. The molecule has 0 aliphatic carbocycles. The Morgan fingerprint density at radius 1 is 1.20 bits per heavy atom. The van der Waals surface area contributed by atoms with Gasteiger partial charge < -0.3 is 20.9 Å². The number of hydrogen-bond donors (Lipinski definition) is 2. The van der Waals surface area contributed by atoms with E-state index >= 15 is 0 Å². The highest BCUT2D eigenvalue weighted by atomic mass is 16.1. The first kappa shape index (κ1) is 17.4. The molecule has 1 rings (SSSR count). The van der Waals surface area contributed by atoms with Gasteiger partial charge >= 0.3 is 0 Å². The van der Waals surface area contributed by atoms with Crippen LogP contribution < -0.4 is 11.1 Å². The number of hydrogen-bond acceptors (Lipinski definition) is 5. The Morgan fingerprint density at radius 3 is 2.20 bits per heavy atom. The van der Waals surface area contributed by atoms with Gasteiger partial charge in [0.1, 0.15) is 0 Å². The highest BCUT2D eigenvalue weighted by Gasteiger charge is 2.19. The number of carbonyl (C=O) groups is 1. The Bertz CT molecular complexity index is 277. The Morgan fingerprint density at radius 2 is 1.75 bits per heavy atom. The Balaban J connectivity index is 2.20. The molecule has 1 saturated heterocycles. The van der Waals surface area contributed by atoms with Gasteiger partial charge in [-0.25, -0.2) is 0 Å². The van der Waals surface area contributed by atoms with Crippen molar-refractivity contribution in [3.63, 3.8) is 0 Å². The Hall–Kier alpha value is -0.690. The zero-order chi connectivity index (χ0) is 15.0. The van der Waals surface area contributed by atoms with Crippen molar-refractivity contribution in [1.82, 2.24) is 20.0 Å². The van der Waals surface area contributed by atoms with Crippen LogP contribution in [-0.4, -0.2) is 93.1 Å². The minimum Gasteiger partial charge on any atom is -0.368 e. The van der Waals surface area contributed by atoms with Gasteiger partial charge in [0.05, 0.1) is 6.04 Å². The van der Waals surface area contributed by atoms with E-state index in [0.29, 0.717) is 0 Å². The van der Waals surface area contributed by atoms with Crippen molar-refractivity contribution < 1.29 is 4.79 Å². The molecule has 0 saturated carbocycles. The van der Waals surface area contributed by atoms with Crippen LogP contribution >= 0.6 is 0 Å². The summed E-state index contributed by atoms with van der Waals surface area (Å²) in [7, 11) is 4.22. The topological polar surface area (TPSA) is 64.8 Å². The van der Waals surface area contributed by atoms with E-state index < -0.39 is 0 Å².